The molecule has 0 fully saturated rings. The molecule has 27 heavy (non-hydrogen) atoms. The number of carbonyl (C=O) groups excluding carboxylic acids is 2. The van der Waals surface area contributed by atoms with E-state index >= 15 is 0 Å². The summed E-state index contributed by atoms with van der Waals surface area (Å²) in [6, 6.07) is 19.5. The zero-order valence-corrected chi connectivity index (χ0v) is 15.8. The zero-order valence-electron chi connectivity index (χ0n) is 15.0. The van der Waals surface area contributed by atoms with E-state index in [-0.39, 0.29) is 11.8 Å². The Morgan fingerprint density at radius 3 is 1.81 bits per heavy atom. The first-order chi connectivity index (χ1) is 12.9. The van der Waals surface area contributed by atoms with Crippen LogP contribution in [0.4, 0.5) is 11.4 Å². The van der Waals surface area contributed by atoms with Crippen LogP contribution in [-0.2, 0) is 0 Å². The lowest BCUT2D eigenvalue weighted by Gasteiger charge is -2.09. The second kappa shape index (κ2) is 8.06. The molecule has 0 bridgehead atoms. The van der Waals surface area contributed by atoms with Gasteiger partial charge in [-0.15, -0.1) is 0 Å². The first-order valence-corrected chi connectivity index (χ1v) is 8.86. The number of hydrogen-bond acceptors (Lipinski definition) is 2. The highest BCUT2D eigenvalue weighted by Crippen LogP contribution is 2.19. The number of hydrogen-bond donors (Lipinski definition) is 2. The average Bonchev–Trinajstić information content (AvgIpc) is 2.65. The van der Waals surface area contributed by atoms with Crippen LogP contribution in [0.5, 0.6) is 0 Å². The van der Waals surface area contributed by atoms with Crippen LogP contribution in [0.2, 0.25) is 5.02 Å². The van der Waals surface area contributed by atoms with Crippen LogP contribution < -0.4 is 10.6 Å². The lowest BCUT2D eigenvalue weighted by molar-refractivity contribution is 0.101. The molecule has 3 aromatic carbocycles. The summed E-state index contributed by atoms with van der Waals surface area (Å²) in [5, 5.41) is 6.21. The van der Waals surface area contributed by atoms with Crippen molar-refractivity contribution in [1.82, 2.24) is 0 Å². The summed E-state index contributed by atoms with van der Waals surface area (Å²) in [5.41, 5.74) is 4.31. The molecule has 0 aliphatic rings. The van der Waals surface area contributed by atoms with Crippen molar-refractivity contribution in [2.75, 3.05) is 10.6 Å². The number of anilines is 2. The lowest BCUT2D eigenvalue weighted by atomic mass is 10.1. The standard InChI is InChI=1S/C22H19ClN2O2/c1-14-4-3-5-16(12-14)21(26)24-18-8-10-19(11-9-18)25-22(27)17-7-6-15(2)20(23)13-17/h3-13H,1-2H3,(H,24,26)(H,25,27). The third-order valence-electron chi connectivity index (χ3n) is 4.11. The maximum atomic E-state index is 12.3. The minimum atomic E-state index is -0.242. The molecule has 0 radical (unpaired) electrons. The minimum absolute atomic E-state index is 0.176. The van der Waals surface area contributed by atoms with Crippen molar-refractivity contribution in [3.63, 3.8) is 0 Å². The van der Waals surface area contributed by atoms with Gasteiger partial charge in [0.05, 0.1) is 0 Å². The quantitative estimate of drug-likeness (QED) is 0.633. The highest BCUT2D eigenvalue weighted by molar-refractivity contribution is 6.31. The predicted octanol–water partition coefficient (Wildman–Crippen LogP) is 5.46. The van der Waals surface area contributed by atoms with Gasteiger partial charge in [0.25, 0.3) is 11.8 Å². The van der Waals surface area contributed by atoms with Crippen LogP contribution in [0.25, 0.3) is 0 Å². The van der Waals surface area contributed by atoms with Gasteiger partial charge in [0, 0.05) is 27.5 Å². The van der Waals surface area contributed by atoms with Gasteiger partial charge in [0.2, 0.25) is 0 Å². The van der Waals surface area contributed by atoms with E-state index in [1.54, 1.807) is 48.5 Å². The van der Waals surface area contributed by atoms with E-state index in [2.05, 4.69) is 10.6 Å². The maximum absolute atomic E-state index is 12.3. The van der Waals surface area contributed by atoms with Gasteiger partial charge in [-0.1, -0.05) is 35.4 Å². The number of aryl methyl sites for hydroxylation is 2. The molecule has 0 heterocycles. The fourth-order valence-electron chi connectivity index (χ4n) is 2.56. The van der Waals surface area contributed by atoms with Crippen LogP contribution in [0, 0.1) is 13.8 Å². The zero-order chi connectivity index (χ0) is 19.4. The number of halogens is 1. The van der Waals surface area contributed by atoms with Gasteiger partial charge in [-0.05, 0) is 67.9 Å². The molecule has 2 N–H and O–H groups in total. The molecular formula is C22H19ClN2O2. The molecule has 0 aliphatic carbocycles. The van der Waals surface area contributed by atoms with Crippen molar-refractivity contribution < 1.29 is 9.59 Å². The van der Waals surface area contributed by atoms with Crippen LogP contribution in [-0.4, -0.2) is 11.8 Å². The van der Waals surface area contributed by atoms with Gasteiger partial charge >= 0.3 is 0 Å². The number of rotatable bonds is 4. The summed E-state index contributed by atoms with van der Waals surface area (Å²) < 4.78 is 0. The summed E-state index contributed by atoms with van der Waals surface area (Å²) in [6.45, 7) is 3.82. The number of nitrogens with one attached hydrogen (secondary N) is 2. The molecule has 0 saturated carbocycles. The van der Waals surface area contributed by atoms with Crippen molar-refractivity contribution in [3.05, 3.63) is 94.0 Å². The monoisotopic (exact) mass is 378 g/mol. The van der Waals surface area contributed by atoms with Crippen molar-refractivity contribution >= 4 is 34.8 Å². The van der Waals surface area contributed by atoms with Crippen molar-refractivity contribution in [3.8, 4) is 0 Å². The largest absolute Gasteiger partial charge is 0.322 e. The van der Waals surface area contributed by atoms with Crippen molar-refractivity contribution in [1.29, 1.82) is 0 Å². The van der Waals surface area contributed by atoms with Gasteiger partial charge in [0.1, 0.15) is 0 Å². The second-order valence-electron chi connectivity index (χ2n) is 6.32. The molecule has 5 heteroatoms. The highest BCUT2D eigenvalue weighted by Gasteiger charge is 2.09. The van der Waals surface area contributed by atoms with Crippen LogP contribution >= 0.6 is 11.6 Å². The molecule has 0 spiro atoms. The molecule has 4 nitrogen and oxygen atoms in total. The van der Waals surface area contributed by atoms with E-state index in [0.717, 1.165) is 11.1 Å². The van der Waals surface area contributed by atoms with E-state index in [4.69, 9.17) is 11.6 Å². The Morgan fingerprint density at radius 1 is 0.741 bits per heavy atom. The number of amides is 2. The van der Waals surface area contributed by atoms with Crippen LogP contribution in [0.1, 0.15) is 31.8 Å². The smallest absolute Gasteiger partial charge is 0.255 e. The molecule has 3 aromatic rings. The van der Waals surface area contributed by atoms with E-state index in [1.807, 2.05) is 32.0 Å². The summed E-state index contributed by atoms with van der Waals surface area (Å²) in [4.78, 5) is 24.6. The van der Waals surface area contributed by atoms with E-state index in [0.29, 0.717) is 27.5 Å². The SMILES string of the molecule is Cc1cccc(C(=O)Nc2ccc(NC(=O)c3ccc(C)c(Cl)c3)cc2)c1. The van der Waals surface area contributed by atoms with E-state index in [1.165, 1.54) is 0 Å². The topological polar surface area (TPSA) is 58.2 Å². The third kappa shape index (κ3) is 4.74. The van der Waals surface area contributed by atoms with Crippen molar-refractivity contribution in [2.24, 2.45) is 0 Å². The predicted molar refractivity (Wildman–Crippen MR) is 110 cm³/mol. The number of benzene rings is 3. The van der Waals surface area contributed by atoms with Crippen LogP contribution in [0.15, 0.2) is 66.7 Å². The Labute approximate surface area is 163 Å². The Bertz CT molecular complexity index is 997. The summed E-state index contributed by atoms with van der Waals surface area (Å²) in [7, 11) is 0. The molecule has 0 unspecified atom stereocenters. The molecule has 136 valence electrons. The fraction of sp³-hybridized carbons (Fsp3) is 0.0909. The van der Waals surface area contributed by atoms with E-state index < -0.39 is 0 Å². The van der Waals surface area contributed by atoms with Gasteiger partial charge in [0.15, 0.2) is 0 Å². The Morgan fingerprint density at radius 2 is 1.30 bits per heavy atom. The van der Waals surface area contributed by atoms with Crippen LogP contribution in [0.3, 0.4) is 0 Å². The third-order valence-corrected chi connectivity index (χ3v) is 4.52. The maximum Gasteiger partial charge on any atom is 0.255 e. The summed E-state index contributed by atoms with van der Waals surface area (Å²) in [6.07, 6.45) is 0. The van der Waals surface area contributed by atoms with Crippen molar-refractivity contribution in [2.45, 2.75) is 13.8 Å². The molecule has 2 amide bonds. The highest BCUT2D eigenvalue weighted by atomic mass is 35.5. The second-order valence-corrected chi connectivity index (χ2v) is 6.73. The molecular weight excluding hydrogens is 360 g/mol. The Balaban J connectivity index is 1.65. The minimum Gasteiger partial charge on any atom is -0.322 e. The molecule has 0 atom stereocenters. The molecule has 0 saturated heterocycles. The van der Waals surface area contributed by atoms with Gasteiger partial charge in [-0.2, -0.15) is 0 Å². The first kappa shape index (κ1) is 18.7. The normalized spacial score (nSPS) is 10.3. The Hall–Kier alpha value is -3.11. The lowest BCUT2D eigenvalue weighted by Crippen LogP contribution is -2.13. The average molecular weight is 379 g/mol. The molecule has 0 aliphatic heterocycles. The van der Waals surface area contributed by atoms with Gasteiger partial charge in [-0.25, -0.2) is 0 Å². The Kier molecular flexibility index (Phi) is 5.57. The summed E-state index contributed by atoms with van der Waals surface area (Å²) in [5.74, 6) is -0.418. The number of carbonyl (C=O) groups is 2. The first-order valence-electron chi connectivity index (χ1n) is 8.48. The van der Waals surface area contributed by atoms with E-state index in [9.17, 15) is 9.59 Å². The summed E-state index contributed by atoms with van der Waals surface area (Å²) >= 11 is 6.07. The fourth-order valence-corrected chi connectivity index (χ4v) is 2.74. The molecule has 0 aromatic heterocycles. The van der Waals surface area contributed by atoms with Gasteiger partial charge < -0.3 is 10.6 Å². The van der Waals surface area contributed by atoms with Gasteiger partial charge in [-0.3, -0.25) is 9.59 Å². The molecule has 3 rings (SSSR count).